The van der Waals surface area contributed by atoms with E-state index in [0.717, 1.165) is 24.9 Å². The Hall–Kier alpha value is -1.35. The van der Waals surface area contributed by atoms with E-state index in [0.29, 0.717) is 42.7 Å². The number of hydrogen-bond acceptors (Lipinski definition) is 5. The Morgan fingerprint density at radius 3 is 2.37 bits per heavy atom. The SMILES string of the molecule is CCCCCC(CS(=O)(=O)N1CCN(c2ccc(Cl)cc2)CC1)N(O)C=O. The molecule has 0 radical (unpaired) electrons. The highest BCUT2D eigenvalue weighted by Crippen LogP contribution is 2.21. The van der Waals surface area contributed by atoms with Crippen molar-refractivity contribution in [2.45, 2.75) is 38.6 Å². The predicted octanol–water partition coefficient (Wildman–Crippen LogP) is 2.59. The third-order valence-corrected chi connectivity index (χ3v) is 7.06. The molecule has 1 amide bonds. The van der Waals surface area contributed by atoms with Crippen LogP contribution in [0.2, 0.25) is 5.02 Å². The number of sulfonamides is 1. The van der Waals surface area contributed by atoms with Gasteiger partial charge in [0.25, 0.3) is 0 Å². The second-order valence-electron chi connectivity index (χ2n) is 6.78. The van der Waals surface area contributed by atoms with E-state index in [1.807, 2.05) is 31.2 Å². The van der Waals surface area contributed by atoms with Gasteiger partial charge in [0.15, 0.2) is 0 Å². The molecule has 152 valence electrons. The number of hydrogen-bond donors (Lipinski definition) is 1. The fourth-order valence-corrected chi connectivity index (χ4v) is 5.09. The molecule has 1 saturated heterocycles. The van der Waals surface area contributed by atoms with Crippen molar-refractivity contribution in [1.29, 1.82) is 0 Å². The van der Waals surface area contributed by atoms with Crippen LogP contribution < -0.4 is 4.90 Å². The lowest BCUT2D eigenvalue weighted by Gasteiger charge is -2.36. The molecule has 1 aromatic rings. The number of halogens is 1. The number of carbonyl (C=O) groups excluding carboxylic acids is 1. The van der Waals surface area contributed by atoms with Gasteiger partial charge in [0.05, 0.1) is 11.8 Å². The van der Waals surface area contributed by atoms with Crippen LogP contribution in [0.15, 0.2) is 24.3 Å². The van der Waals surface area contributed by atoms with Gasteiger partial charge in [0, 0.05) is 36.9 Å². The van der Waals surface area contributed by atoms with Gasteiger partial charge < -0.3 is 4.90 Å². The lowest BCUT2D eigenvalue weighted by Crippen LogP contribution is -2.51. The van der Waals surface area contributed by atoms with Gasteiger partial charge >= 0.3 is 0 Å². The number of hydroxylamine groups is 2. The summed E-state index contributed by atoms with van der Waals surface area (Å²) in [7, 11) is -3.56. The molecule has 0 aliphatic carbocycles. The Balaban J connectivity index is 1.95. The topological polar surface area (TPSA) is 81.2 Å². The summed E-state index contributed by atoms with van der Waals surface area (Å²) in [5.74, 6) is -0.257. The molecule has 1 aliphatic heterocycles. The van der Waals surface area contributed by atoms with Gasteiger partial charge in [-0.3, -0.25) is 10.0 Å². The van der Waals surface area contributed by atoms with Crippen LogP contribution in [0, 0.1) is 0 Å². The standard InChI is InChI=1S/C18H28ClN3O4S/c1-2-3-4-5-18(22(24)15-23)14-27(25,26)21-12-10-20(11-13-21)17-8-6-16(19)7-9-17/h6-9,15,18,24H,2-5,10-14H2,1H3. The molecule has 1 aliphatic rings. The van der Waals surface area contributed by atoms with Crippen molar-refractivity contribution in [3.8, 4) is 0 Å². The van der Waals surface area contributed by atoms with Crippen molar-refractivity contribution >= 4 is 33.7 Å². The number of rotatable bonds is 10. The molecule has 7 nitrogen and oxygen atoms in total. The fraction of sp³-hybridized carbons (Fsp3) is 0.611. The first-order chi connectivity index (χ1) is 12.9. The summed E-state index contributed by atoms with van der Waals surface area (Å²) >= 11 is 5.91. The predicted molar refractivity (Wildman–Crippen MR) is 107 cm³/mol. The molecule has 1 unspecified atom stereocenters. The summed E-state index contributed by atoms with van der Waals surface area (Å²) in [5.41, 5.74) is 1.01. The van der Waals surface area contributed by atoms with Crippen molar-refractivity contribution in [1.82, 2.24) is 9.37 Å². The highest BCUT2D eigenvalue weighted by Gasteiger charge is 2.31. The average Bonchev–Trinajstić information content (AvgIpc) is 2.67. The second kappa shape index (κ2) is 10.3. The van der Waals surface area contributed by atoms with Crippen LogP contribution in [0.1, 0.15) is 32.6 Å². The minimum Gasteiger partial charge on any atom is -0.369 e. The molecule has 9 heteroatoms. The zero-order valence-electron chi connectivity index (χ0n) is 15.6. The number of anilines is 1. The normalized spacial score (nSPS) is 16.9. The van der Waals surface area contributed by atoms with E-state index in [4.69, 9.17) is 11.6 Å². The molecule has 1 atom stereocenters. The molecule has 2 rings (SSSR count). The number of nitrogens with zero attached hydrogens (tertiary/aromatic N) is 3. The minimum atomic E-state index is -3.56. The van der Waals surface area contributed by atoms with Crippen LogP contribution in [-0.4, -0.2) is 67.4 Å². The first kappa shape index (κ1) is 21.9. The smallest absolute Gasteiger partial charge is 0.233 e. The number of benzene rings is 1. The average molecular weight is 418 g/mol. The molecule has 0 saturated carbocycles. The first-order valence-electron chi connectivity index (χ1n) is 9.28. The van der Waals surface area contributed by atoms with Crippen LogP contribution >= 0.6 is 11.6 Å². The maximum atomic E-state index is 12.8. The largest absolute Gasteiger partial charge is 0.369 e. The Kier molecular flexibility index (Phi) is 8.34. The Morgan fingerprint density at radius 2 is 1.81 bits per heavy atom. The van der Waals surface area contributed by atoms with Gasteiger partial charge in [-0.2, -0.15) is 4.31 Å². The van der Waals surface area contributed by atoms with Gasteiger partial charge in [-0.25, -0.2) is 13.5 Å². The highest BCUT2D eigenvalue weighted by atomic mass is 35.5. The molecule has 0 aromatic heterocycles. The third-order valence-electron chi connectivity index (χ3n) is 4.85. The van der Waals surface area contributed by atoms with Crippen LogP contribution in [0.3, 0.4) is 0 Å². The van der Waals surface area contributed by atoms with E-state index >= 15 is 0 Å². The lowest BCUT2D eigenvalue weighted by atomic mass is 10.1. The van der Waals surface area contributed by atoms with Crippen LogP contribution in [-0.2, 0) is 14.8 Å². The zero-order chi connectivity index (χ0) is 19.9. The number of piperazine rings is 1. The zero-order valence-corrected chi connectivity index (χ0v) is 17.2. The van der Waals surface area contributed by atoms with Gasteiger partial charge in [-0.1, -0.05) is 37.8 Å². The molecule has 1 heterocycles. The van der Waals surface area contributed by atoms with Crippen molar-refractivity contribution in [3.63, 3.8) is 0 Å². The Bertz CT molecular complexity index is 691. The Labute approximate surface area is 166 Å². The summed E-state index contributed by atoms with van der Waals surface area (Å²) in [6.07, 6.45) is 3.44. The maximum Gasteiger partial charge on any atom is 0.233 e. The van der Waals surface area contributed by atoms with E-state index in [1.54, 1.807) is 0 Å². The highest BCUT2D eigenvalue weighted by molar-refractivity contribution is 7.89. The van der Waals surface area contributed by atoms with E-state index in [-0.39, 0.29) is 12.2 Å². The molecule has 1 fully saturated rings. The van der Waals surface area contributed by atoms with Gasteiger partial charge in [0.1, 0.15) is 0 Å². The Morgan fingerprint density at radius 1 is 1.19 bits per heavy atom. The quantitative estimate of drug-likeness (QED) is 0.274. The fourth-order valence-electron chi connectivity index (χ4n) is 3.23. The van der Waals surface area contributed by atoms with Crippen molar-refractivity contribution in [2.24, 2.45) is 0 Å². The maximum absolute atomic E-state index is 12.8. The van der Waals surface area contributed by atoms with Crippen LogP contribution in [0.25, 0.3) is 0 Å². The minimum absolute atomic E-state index is 0.257. The molecule has 0 bridgehead atoms. The molecular weight excluding hydrogens is 390 g/mol. The lowest BCUT2D eigenvalue weighted by molar-refractivity contribution is -0.158. The van der Waals surface area contributed by atoms with Crippen molar-refractivity contribution in [3.05, 3.63) is 29.3 Å². The summed E-state index contributed by atoms with van der Waals surface area (Å²) in [6, 6.07) is 6.76. The molecular formula is C18H28ClN3O4S. The van der Waals surface area contributed by atoms with Crippen molar-refractivity contribution < 1.29 is 18.4 Å². The number of amides is 1. The molecule has 1 aromatic carbocycles. The molecule has 1 N–H and O–H groups in total. The van der Waals surface area contributed by atoms with Crippen LogP contribution in [0.4, 0.5) is 5.69 Å². The van der Waals surface area contributed by atoms with E-state index in [9.17, 15) is 18.4 Å². The first-order valence-corrected chi connectivity index (χ1v) is 11.3. The van der Waals surface area contributed by atoms with Crippen LogP contribution in [0.5, 0.6) is 0 Å². The molecule has 0 spiro atoms. The van der Waals surface area contributed by atoms with Gasteiger partial charge in [0.2, 0.25) is 16.4 Å². The third kappa shape index (κ3) is 6.34. The summed E-state index contributed by atoms with van der Waals surface area (Å²) < 4.78 is 27.0. The van der Waals surface area contributed by atoms with Crippen molar-refractivity contribution in [2.75, 3.05) is 36.8 Å². The van der Waals surface area contributed by atoms with E-state index < -0.39 is 16.1 Å². The van der Waals surface area contributed by atoms with Gasteiger partial charge in [-0.05, 0) is 30.7 Å². The number of unbranched alkanes of at least 4 members (excludes halogenated alkanes) is 2. The summed E-state index contributed by atoms with van der Waals surface area (Å²) in [6.45, 7) is 3.95. The number of carbonyl (C=O) groups is 1. The van der Waals surface area contributed by atoms with E-state index in [2.05, 4.69) is 4.90 Å². The molecule has 27 heavy (non-hydrogen) atoms. The summed E-state index contributed by atoms with van der Waals surface area (Å²) in [4.78, 5) is 13.0. The monoisotopic (exact) mass is 417 g/mol. The second-order valence-corrected chi connectivity index (χ2v) is 9.23. The summed E-state index contributed by atoms with van der Waals surface area (Å²) in [5, 5.41) is 10.9. The van der Waals surface area contributed by atoms with Gasteiger partial charge in [-0.15, -0.1) is 0 Å². The van der Waals surface area contributed by atoms with E-state index in [1.165, 1.54) is 4.31 Å².